The van der Waals surface area contributed by atoms with Crippen molar-refractivity contribution in [2.24, 2.45) is 0 Å². The van der Waals surface area contributed by atoms with Crippen molar-refractivity contribution in [3.63, 3.8) is 0 Å². The molecule has 11 heteroatoms. The maximum Gasteiger partial charge on any atom is 0.387 e. The van der Waals surface area contributed by atoms with Gasteiger partial charge in [0.2, 0.25) is 0 Å². The molecule has 2 aromatic carbocycles. The lowest BCUT2D eigenvalue weighted by atomic mass is 9.78. The van der Waals surface area contributed by atoms with Crippen LogP contribution in [0.5, 0.6) is 5.75 Å². The average molecular weight is 621 g/mol. The Labute approximate surface area is 243 Å². The van der Waals surface area contributed by atoms with Gasteiger partial charge in [0, 0.05) is 11.1 Å². The highest BCUT2D eigenvalue weighted by molar-refractivity contribution is 7.90. The minimum Gasteiger partial charge on any atom is -0.378 e. The summed E-state index contributed by atoms with van der Waals surface area (Å²) in [5, 5.41) is -4.35. The Morgan fingerprint density at radius 3 is 1.41 bits per heavy atom. The van der Waals surface area contributed by atoms with Gasteiger partial charge in [-0.15, -0.1) is 0 Å². The summed E-state index contributed by atoms with van der Waals surface area (Å²) in [4.78, 5) is 0. The third kappa shape index (κ3) is 7.65. The fourth-order valence-electron chi connectivity index (χ4n) is 4.13. The maximum absolute atomic E-state index is 17.1. The molecule has 0 amide bonds. The van der Waals surface area contributed by atoms with Gasteiger partial charge in [0.25, 0.3) is 0 Å². The summed E-state index contributed by atoms with van der Waals surface area (Å²) < 4.78 is 106. The van der Waals surface area contributed by atoms with Crippen molar-refractivity contribution >= 4 is 20.2 Å². The molecule has 0 N–H and O–H groups in total. The number of alkyl halides is 3. The van der Waals surface area contributed by atoms with Crippen molar-refractivity contribution in [1.82, 2.24) is 0 Å². The average Bonchev–Trinajstić information content (AvgIpc) is 2.75. The molecule has 0 fully saturated rings. The van der Waals surface area contributed by atoms with E-state index in [1.165, 1.54) is 18.2 Å². The molecule has 0 saturated carbocycles. The Hall–Kier alpha value is -2.11. The number of hydrogen-bond donors (Lipinski definition) is 0. The van der Waals surface area contributed by atoms with E-state index in [1.807, 2.05) is 41.5 Å². The molecule has 232 valence electrons. The molecule has 41 heavy (non-hydrogen) atoms. The summed E-state index contributed by atoms with van der Waals surface area (Å²) in [5.74, 6) is -4.50. The molecule has 6 nitrogen and oxygen atoms in total. The summed E-state index contributed by atoms with van der Waals surface area (Å²) in [6.07, 6.45) is 0. The van der Waals surface area contributed by atoms with Crippen molar-refractivity contribution < 1.29 is 38.4 Å². The van der Waals surface area contributed by atoms with E-state index in [1.54, 1.807) is 53.7 Å². The Bertz CT molecular complexity index is 1490. The first-order valence-corrected chi connectivity index (χ1v) is 16.1. The molecule has 0 spiro atoms. The Morgan fingerprint density at radius 2 is 1.02 bits per heavy atom. The van der Waals surface area contributed by atoms with Gasteiger partial charge in [-0.3, -0.25) is 0 Å². The molecule has 0 aliphatic carbocycles. The summed E-state index contributed by atoms with van der Waals surface area (Å²) >= 11 is 0. The number of halogens is 3. The fourth-order valence-corrected chi connectivity index (χ4v) is 6.14. The molecule has 1 atom stereocenters. The quantitative estimate of drug-likeness (QED) is 0.292. The van der Waals surface area contributed by atoms with Crippen LogP contribution in [0.2, 0.25) is 0 Å². The van der Waals surface area contributed by atoms with Gasteiger partial charge in [0.15, 0.2) is 0 Å². The van der Waals surface area contributed by atoms with Crippen LogP contribution in [0.1, 0.15) is 111 Å². The lowest BCUT2D eigenvalue weighted by Gasteiger charge is -2.33. The third-order valence-electron chi connectivity index (χ3n) is 6.63. The Balaban J connectivity index is 2.96. The van der Waals surface area contributed by atoms with Gasteiger partial charge in [-0.25, -0.2) is 4.18 Å². The fraction of sp³-hybridized carbons (Fsp3) is 0.600. The molecule has 0 saturated heterocycles. The predicted octanol–water partition coefficient (Wildman–Crippen LogP) is 7.93. The molecular weight excluding hydrogens is 577 g/mol. The zero-order valence-electron chi connectivity index (χ0n) is 25.9. The van der Waals surface area contributed by atoms with Crippen LogP contribution in [0.15, 0.2) is 36.4 Å². The van der Waals surface area contributed by atoms with Crippen LogP contribution in [0, 0.1) is 0 Å². The minimum atomic E-state index is -6.01. The normalized spacial score (nSPS) is 15.6. The van der Waals surface area contributed by atoms with Crippen LogP contribution in [0.4, 0.5) is 13.2 Å². The maximum atomic E-state index is 17.1. The van der Waals surface area contributed by atoms with Crippen LogP contribution in [0.3, 0.4) is 0 Å². The van der Waals surface area contributed by atoms with E-state index in [-0.39, 0.29) is 16.7 Å². The van der Waals surface area contributed by atoms with E-state index < -0.39 is 53.0 Å². The van der Waals surface area contributed by atoms with Crippen molar-refractivity contribution in [3.8, 4) is 5.75 Å². The summed E-state index contributed by atoms with van der Waals surface area (Å²) in [6.45, 7) is 21.8. The number of benzene rings is 2. The van der Waals surface area contributed by atoms with Gasteiger partial charge in [-0.1, -0.05) is 113 Å². The second kappa shape index (κ2) is 10.9. The largest absolute Gasteiger partial charge is 0.387 e. The van der Waals surface area contributed by atoms with Crippen LogP contribution >= 0.6 is 0 Å². The first-order chi connectivity index (χ1) is 18.0. The van der Waals surface area contributed by atoms with Gasteiger partial charge in [-0.05, 0) is 44.4 Å². The van der Waals surface area contributed by atoms with E-state index in [2.05, 4.69) is 4.18 Å². The van der Waals surface area contributed by atoms with Gasteiger partial charge in [-0.2, -0.15) is 30.0 Å². The lowest BCUT2D eigenvalue weighted by molar-refractivity contribution is 0.00416. The molecule has 0 heterocycles. The van der Waals surface area contributed by atoms with Gasteiger partial charge in [0.1, 0.15) is 5.75 Å². The Morgan fingerprint density at radius 1 is 0.610 bits per heavy atom. The van der Waals surface area contributed by atoms with Crippen molar-refractivity contribution in [1.29, 1.82) is 0 Å². The highest BCUT2D eigenvalue weighted by Gasteiger charge is 2.57. The standard InChI is InChI=1S/C30H43F3O6S2/c1-26(2,3)19-13-15-21(22(17-19)28(7,8)9)30(33,39-40(34,35)25(31)32)41(36,37)38-24-16-14-20(27(4,5)6)18-23(24)29(10,11)12/h13-18,25H,1-12H3. The summed E-state index contributed by atoms with van der Waals surface area (Å²) in [6, 6.07) is 8.65. The van der Waals surface area contributed by atoms with Gasteiger partial charge >= 0.3 is 31.2 Å². The smallest absolute Gasteiger partial charge is 0.378 e. The van der Waals surface area contributed by atoms with Crippen LogP contribution in [-0.4, -0.2) is 22.6 Å². The highest BCUT2D eigenvalue weighted by atomic mass is 32.2. The second-order valence-electron chi connectivity index (χ2n) is 14.4. The summed E-state index contributed by atoms with van der Waals surface area (Å²) in [7, 11) is -11.8. The molecular formula is C30H43F3O6S2. The van der Waals surface area contributed by atoms with E-state index in [4.69, 9.17) is 4.18 Å². The van der Waals surface area contributed by atoms with Gasteiger partial charge < -0.3 is 4.18 Å². The molecule has 0 aliphatic rings. The molecule has 2 rings (SSSR count). The van der Waals surface area contributed by atoms with Crippen LogP contribution in [-0.2, 0) is 51.3 Å². The topological polar surface area (TPSA) is 86.7 Å². The molecule has 0 radical (unpaired) electrons. The van der Waals surface area contributed by atoms with Crippen molar-refractivity contribution in [2.45, 2.75) is 116 Å². The van der Waals surface area contributed by atoms with Crippen LogP contribution in [0.25, 0.3) is 0 Å². The zero-order valence-corrected chi connectivity index (χ0v) is 27.6. The minimum absolute atomic E-state index is 0.0446. The van der Waals surface area contributed by atoms with Crippen molar-refractivity contribution in [3.05, 3.63) is 64.2 Å². The first-order valence-electron chi connectivity index (χ1n) is 13.2. The molecule has 0 aliphatic heterocycles. The molecule has 0 bridgehead atoms. The number of rotatable bonds is 7. The second-order valence-corrected chi connectivity index (χ2v) is 17.5. The lowest BCUT2D eigenvalue weighted by Crippen LogP contribution is -2.42. The third-order valence-corrected chi connectivity index (χ3v) is 8.98. The molecule has 0 aromatic heterocycles. The number of hydrogen-bond acceptors (Lipinski definition) is 6. The monoisotopic (exact) mass is 620 g/mol. The SMILES string of the molecule is CC(C)(C)c1ccc(OS(=O)(=O)C(F)(OS(=O)(=O)C(F)F)c2ccc(C(C)(C)C)cc2C(C)(C)C)c(C(C)(C)C)c1. The van der Waals surface area contributed by atoms with E-state index >= 15 is 4.39 Å². The predicted molar refractivity (Wildman–Crippen MR) is 156 cm³/mol. The zero-order chi connectivity index (χ0) is 32.2. The Kier molecular flexibility index (Phi) is 9.30. The van der Waals surface area contributed by atoms with Crippen molar-refractivity contribution in [2.75, 3.05) is 0 Å². The highest BCUT2D eigenvalue weighted by Crippen LogP contribution is 2.45. The van der Waals surface area contributed by atoms with Crippen LogP contribution < -0.4 is 4.18 Å². The van der Waals surface area contributed by atoms with Gasteiger partial charge in [0.05, 0.1) is 0 Å². The molecule has 1 unspecified atom stereocenters. The van der Waals surface area contributed by atoms with E-state index in [9.17, 15) is 25.6 Å². The summed E-state index contributed by atoms with van der Waals surface area (Å²) in [5.41, 5.74) is -1.29. The van der Waals surface area contributed by atoms with E-state index in [0.717, 1.165) is 11.6 Å². The first kappa shape index (κ1) is 35.1. The van der Waals surface area contributed by atoms with E-state index in [0.29, 0.717) is 11.1 Å². The molecule has 2 aromatic rings.